The number of alkyl halides is 1. The van der Waals surface area contributed by atoms with E-state index in [0.717, 1.165) is 21.2 Å². The average Bonchev–Trinajstić information content (AvgIpc) is 2.86. The summed E-state index contributed by atoms with van der Waals surface area (Å²) in [5, 5.41) is 0. The first-order valence-electron chi connectivity index (χ1n) is 5.79. The highest BCUT2D eigenvalue weighted by molar-refractivity contribution is 14.1. The van der Waals surface area contributed by atoms with Crippen LogP contribution < -0.4 is 0 Å². The van der Waals surface area contributed by atoms with Crippen LogP contribution in [0.2, 0.25) is 0 Å². The molecule has 0 heterocycles. The summed E-state index contributed by atoms with van der Waals surface area (Å²) >= 11 is 2.63. The normalized spacial score (nSPS) is 37.8. The highest BCUT2D eigenvalue weighted by Crippen LogP contribution is 2.61. The van der Waals surface area contributed by atoms with Gasteiger partial charge in [-0.05, 0) is 55.8 Å². The molecule has 2 aliphatic carbocycles. The van der Waals surface area contributed by atoms with Crippen molar-refractivity contribution in [2.75, 3.05) is 0 Å². The second-order valence-electron chi connectivity index (χ2n) is 5.34. The van der Waals surface area contributed by atoms with Gasteiger partial charge in [0.25, 0.3) is 0 Å². The van der Waals surface area contributed by atoms with E-state index in [0.29, 0.717) is 0 Å². The molecule has 0 nitrogen and oxygen atoms in total. The van der Waals surface area contributed by atoms with Crippen LogP contribution in [0.5, 0.6) is 0 Å². The fourth-order valence-electron chi connectivity index (χ4n) is 3.23. The first-order chi connectivity index (χ1) is 6.15. The Morgan fingerprint density at radius 2 is 1.62 bits per heavy atom. The first-order valence-corrected chi connectivity index (χ1v) is 7.04. The van der Waals surface area contributed by atoms with Crippen molar-refractivity contribution >= 4 is 22.6 Å². The van der Waals surface area contributed by atoms with Crippen molar-refractivity contribution in [3.05, 3.63) is 0 Å². The second-order valence-corrected chi connectivity index (χ2v) is 7.10. The summed E-state index contributed by atoms with van der Waals surface area (Å²) in [6.45, 7) is 4.87. The second kappa shape index (κ2) is 3.71. The monoisotopic (exact) mass is 292 g/mol. The topological polar surface area (TPSA) is 0 Å². The van der Waals surface area contributed by atoms with Crippen LogP contribution in [0.25, 0.3) is 0 Å². The lowest BCUT2D eigenvalue weighted by molar-refractivity contribution is 0.176. The molecule has 0 amide bonds. The summed E-state index contributed by atoms with van der Waals surface area (Å²) in [7, 11) is 0. The highest BCUT2D eigenvalue weighted by atomic mass is 127. The molecule has 0 N–H and O–H groups in total. The zero-order valence-corrected chi connectivity index (χ0v) is 11.0. The van der Waals surface area contributed by atoms with E-state index < -0.39 is 0 Å². The van der Waals surface area contributed by atoms with Gasteiger partial charge in [-0.15, -0.1) is 0 Å². The molecule has 0 aromatic carbocycles. The SMILES string of the molecule is CC(C)C1(C2CCC(I)CC2)CC1. The Morgan fingerprint density at radius 1 is 1.08 bits per heavy atom. The van der Waals surface area contributed by atoms with Gasteiger partial charge in [-0.3, -0.25) is 0 Å². The van der Waals surface area contributed by atoms with Gasteiger partial charge >= 0.3 is 0 Å². The maximum absolute atomic E-state index is 2.63. The molecule has 2 fully saturated rings. The van der Waals surface area contributed by atoms with E-state index in [4.69, 9.17) is 0 Å². The molecule has 0 atom stereocenters. The lowest BCUT2D eigenvalue weighted by Gasteiger charge is -2.35. The fourth-order valence-corrected chi connectivity index (χ4v) is 3.95. The van der Waals surface area contributed by atoms with Crippen molar-refractivity contribution in [3.8, 4) is 0 Å². The smallest absolute Gasteiger partial charge is 0.0110 e. The molecule has 1 heteroatoms. The van der Waals surface area contributed by atoms with Gasteiger partial charge in [0.2, 0.25) is 0 Å². The third-order valence-corrected chi connectivity index (χ3v) is 5.69. The predicted molar refractivity (Wildman–Crippen MR) is 66.3 cm³/mol. The molecule has 0 spiro atoms. The lowest BCUT2D eigenvalue weighted by Crippen LogP contribution is -2.26. The Kier molecular flexibility index (Phi) is 2.93. The Bertz CT molecular complexity index is 174. The average molecular weight is 292 g/mol. The van der Waals surface area contributed by atoms with Gasteiger partial charge in [-0.2, -0.15) is 0 Å². The molecule has 2 saturated carbocycles. The molecule has 0 saturated heterocycles. The summed E-state index contributed by atoms with van der Waals surface area (Å²) in [6, 6.07) is 0. The third-order valence-electron chi connectivity index (χ3n) is 4.45. The number of hydrogen-bond acceptors (Lipinski definition) is 0. The molecule has 0 aromatic heterocycles. The van der Waals surface area contributed by atoms with Gasteiger partial charge in [0, 0.05) is 3.92 Å². The Balaban J connectivity index is 1.94. The molecule has 0 unspecified atom stereocenters. The van der Waals surface area contributed by atoms with E-state index in [-0.39, 0.29) is 0 Å². The van der Waals surface area contributed by atoms with Crippen molar-refractivity contribution in [2.24, 2.45) is 17.3 Å². The van der Waals surface area contributed by atoms with Gasteiger partial charge in [-0.1, -0.05) is 36.4 Å². The van der Waals surface area contributed by atoms with Crippen LogP contribution >= 0.6 is 22.6 Å². The highest BCUT2D eigenvalue weighted by Gasteiger charge is 2.51. The molecular weight excluding hydrogens is 271 g/mol. The van der Waals surface area contributed by atoms with Crippen LogP contribution in [0, 0.1) is 17.3 Å². The summed E-state index contributed by atoms with van der Waals surface area (Å²) in [4.78, 5) is 0. The van der Waals surface area contributed by atoms with Gasteiger partial charge in [0.1, 0.15) is 0 Å². The van der Waals surface area contributed by atoms with E-state index in [1.165, 1.54) is 38.5 Å². The van der Waals surface area contributed by atoms with Crippen molar-refractivity contribution in [1.82, 2.24) is 0 Å². The molecule has 0 aliphatic heterocycles. The number of hydrogen-bond donors (Lipinski definition) is 0. The molecule has 2 aliphatic rings. The molecule has 76 valence electrons. The van der Waals surface area contributed by atoms with E-state index in [1.54, 1.807) is 0 Å². The van der Waals surface area contributed by atoms with Crippen LogP contribution in [0.3, 0.4) is 0 Å². The minimum absolute atomic E-state index is 0.802. The molecule has 0 aromatic rings. The van der Waals surface area contributed by atoms with Gasteiger partial charge < -0.3 is 0 Å². The summed E-state index contributed by atoms with van der Waals surface area (Å²) in [6.07, 6.45) is 9.07. The van der Waals surface area contributed by atoms with Crippen LogP contribution in [0.4, 0.5) is 0 Å². The Labute approximate surface area is 96.0 Å². The third kappa shape index (κ3) is 1.91. The Hall–Kier alpha value is 0.730. The van der Waals surface area contributed by atoms with Crippen molar-refractivity contribution in [3.63, 3.8) is 0 Å². The van der Waals surface area contributed by atoms with Crippen LogP contribution in [-0.2, 0) is 0 Å². The zero-order chi connectivity index (χ0) is 9.47. The fraction of sp³-hybridized carbons (Fsp3) is 1.00. The lowest BCUT2D eigenvalue weighted by atomic mass is 9.72. The summed E-state index contributed by atoms with van der Waals surface area (Å²) in [5.74, 6) is 2.02. The van der Waals surface area contributed by atoms with Crippen molar-refractivity contribution in [1.29, 1.82) is 0 Å². The minimum Gasteiger partial charge on any atom is -0.0826 e. The molecule has 13 heavy (non-hydrogen) atoms. The predicted octanol–water partition coefficient (Wildman–Crippen LogP) is 4.42. The summed E-state index contributed by atoms with van der Waals surface area (Å²) < 4.78 is 0.983. The van der Waals surface area contributed by atoms with Gasteiger partial charge in [0.05, 0.1) is 0 Å². The van der Waals surface area contributed by atoms with Gasteiger partial charge in [-0.25, -0.2) is 0 Å². The largest absolute Gasteiger partial charge is 0.0826 e. The Morgan fingerprint density at radius 3 is 2.00 bits per heavy atom. The molecule has 2 rings (SSSR count). The van der Waals surface area contributed by atoms with E-state index in [1.807, 2.05) is 0 Å². The van der Waals surface area contributed by atoms with Gasteiger partial charge in [0.15, 0.2) is 0 Å². The number of halogens is 1. The van der Waals surface area contributed by atoms with Crippen molar-refractivity contribution in [2.45, 2.75) is 56.3 Å². The van der Waals surface area contributed by atoms with E-state index in [9.17, 15) is 0 Å². The van der Waals surface area contributed by atoms with E-state index in [2.05, 4.69) is 36.4 Å². The molecular formula is C12H21I. The maximum Gasteiger partial charge on any atom is 0.0110 e. The van der Waals surface area contributed by atoms with Crippen LogP contribution in [-0.4, -0.2) is 3.92 Å². The van der Waals surface area contributed by atoms with Crippen LogP contribution in [0.15, 0.2) is 0 Å². The standard InChI is InChI=1S/C12H21I/c1-9(2)12(7-8-12)10-3-5-11(13)6-4-10/h9-11H,3-8H2,1-2H3. The zero-order valence-electron chi connectivity index (χ0n) is 8.85. The molecule has 0 bridgehead atoms. The summed E-state index contributed by atoms with van der Waals surface area (Å²) in [5.41, 5.74) is 0.802. The maximum atomic E-state index is 2.63. The number of rotatable bonds is 2. The molecule has 0 radical (unpaired) electrons. The quantitative estimate of drug-likeness (QED) is 0.522. The minimum atomic E-state index is 0.802. The van der Waals surface area contributed by atoms with Crippen molar-refractivity contribution < 1.29 is 0 Å². The van der Waals surface area contributed by atoms with Crippen LogP contribution in [0.1, 0.15) is 52.4 Å². The van der Waals surface area contributed by atoms with E-state index >= 15 is 0 Å². The first kappa shape index (κ1) is 10.3.